The first-order valence-corrected chi connectivity index (χ1v) is 9.17. The minimum absolute atomic E-state index is 0.00111. The molecular formula is C20H25N3O4. The highest BCUT2D eigenvalue weighted by atomic mass is 16.5. The van der Waals surface area contributed by atoms with Crippen molar-refractivity contribution < 1.29 is 19.4 Å². The number of likely N-dealkylation sites (tertiary alicyclic amines) is 1. The maximum absolute atomic E-state index is 12.3. The molecule has 7 heteroatoms. The highest BCUT2D eigenvalue weighted by Crippen LogP contribution is 2.34. The molecule has 1 aliphatic heterocycles. The van der Waals surface area contributed by atoms with E-state index in [4.69, 9.17) is 10.5 Å². The van der Waals surface area contributed by atoms with Gasteiger partial charge in [-0.25, -0.2) is 4.79 Å². The van der Waals surface area contributed by atoms with Gasteiger partial charge in [0.1, 0.15) is 17.4 Å². The van der Waals surface area contributed by atoms with Crippen LogP contribution in [0.2, 0.25) is 0 Å². The second-order valence-electron chi connectivity index (χ2n) is 7.26. The van der Waals surface area contributed by atoms with E-state index in [0.717, 1.165) is 19.4 Å². The normalized spacial score (nSPS) is 17.3. The van der Waals surface area contributed by atoms with Crippen molar-refractivity contribution in [3.8, 4) is 5.75 Å². The molecule has 0 radical (unpaired) electrons. The van der Waals surface area contributed by atoms with Crippen LogP contribution in [0.5, 0.6) is 5.75 Å². The number of nitrogen functional groups attached to an aromatic ring is 1. The molecule has 0 spiro atoms. The summed E-state index contributed by atoms with van der Waals surface area (Å²) in [5, 5.41) is 9.97. The number of rotatable bonds is 4. The summed E-state index contributed by atoms with van der Waals surface area (Å²) in [5.41, 5.74) is 7.30. The standard InChI is InChI=1S/C20H25N3O4/c1-11(2)19(24)23-9-5-6-13(10-23)27-15-8-4-7-14-17(15)18(21)16(20(25)26)12(3)22-14/h4,7-8,11,13H,5-6,9-10H2,1-3H3,(H2,21,22)(H,25,26). The molecule has 2 heterocycles. The van der Waals surface area contributed by atoms with Crippen LogP contribution in [-0.2, 0) is 4.79 Å². The fraction of sp³-hybridized carbons (Fsp3) is 0.450. The minimum Gasteiger partial charge on any atom is -0.488 e. The number of anilines is 1. The van der Waals surface area contributed by atoms with E-state index in [-0.39, 0.29) is 29.2 Å². The lowest BCUT2D eigenvalue weighted by Gasteiger charge is -2.34. The summed E-state index contributed by atoms with van der Waals surface area (Å²) in [6.45, 7) is 6.65. The van der Waals surface area contributed by atoms with Crippen LogP contribution in [0.3, 0.4) is 0 Å². The molecule has 1 amide bonds. The van der Waals surface area contributed by atoms with Crippen molar-refractivity contribution in [2.75, 3.05) is 18.8 Å². The van der Waals surface area contributed by atoms with Crippen LogP contribution in [0.25, 0.3) is 10.9 Å². The Morgan fingerprint density at radius 1 is 1.37 bits per heavy atom. The van der Waals surface area contributed by atoms with Gasteiger partial charge in [0.05, 0.1) is 28.8 Å². The molecule has 1 unspecified atom stereocenters. The average molecular weight is 371 g/mol. The maximum Gasteiger partial charge on any atom is 0.339 e. The Morgan fingerprint density at radius 2 is 2.11 bits per heavy atom. The summed E-state index contributed by atoms with van der Waals surface area (Å²) in [4.78, 5) is 30.1. The first-order valence-electron chi connectivity index (χ1n) is 9.17. The zero-order valence-electron chi connectivity index (χ0n) is 15.9. The number of hydrogen-bond acceptors (Lipinski definition) is 5. The smallest absolute Gasteiger partial charge is 0.339 e. The number of carboxylic acids is 1. The van der Waals surface area contributed by atoms with Crippen LogP contribution in [0, 0.1) is 12.8 Å². The van der Waals surface area contributed by atoms with E-state index in [1.54, 1.807) is 19.1 Å². The molecule has 1 saturated heterocycles. The van der Waals surface area contributed by atoms with Crippen LogP contribution in [0.4, 0.5) is 5.69 Å². The summed E-state index contributed by atoms with van der Waals surface area (Å²) in [7, 11) is 0. The topological polar surface area (TPSA) is 106 Å². The number of hydrogen-bond donors (Lipinski definition) is 2. The number of piperidine rings is 1. The Hall–Kier alpha value is -2.83. The number of pyridine rings is 1. The molecular weight excluding hydrogens is 346 g/mol. The van der Waals surface area contributed by atoms with Gasteiger partial charge in [-0.05, 0) is 31.9 Å². The third-order valence-corrected chi connectivity index (χ3v) is 4.88. The third kappa shape index (κ3) is 3.67. The molecule has 2 aromatic rings. The fourth-order valence-corrected chi connectivity index (χ4v) is 3.59. The molecule has 1 aromatic heterocycles. The van der Waals surface area contributed by atoms with Crippen molar-refractivity contribution in [3.05, 3.63) is 29.5 Å². The van der Waals surface area contributed by atoms with Gasteiger partial charge in [-0.1, -0.05) is 19.9 Å². The number of fused-ring (bicyclic) bond motifs is 1. The number of carboxylic acid groups (broad SMARTS) is 1. The van der Waals surface area contributed by atoms with Crippen molar-refractivity contribution in [1.29, 1.82) is 0 Å². The van der Waals surface area contributed by atoms with E-state index < -0.39 is 5.97 Å². The molecule has 1 aliphatic rings. The number of benzene rings is 1. The number of carbonyl (C=O) groups excluding carboxylic acids is 1. The SMILES string of the molecule is Cc1nc2cccc(OC3CCCN(C(=O)C(C)C)C3)c2c(N)c1C(=O)O. The fourth-order valence-electron chi connectivity index (χ4n) is 3.59. The highest BCUT2D eigenvalue weighted by Gasteiger charge is 2.27. The Balaban J connectivity index is 1.94. The van der Waals surface area contributed by atoms with Gasteiger partial charge in [-0.15, -0.1) is 0 Å². The van der Waals surface area contributed by atoms with Gasteiger partial charge in [0.2, 0.25) is 5.91 Å². The molecule has 1 fully saturated rings. The van der Waals surface area contributed by atoms with Crippen molar-refractivity contribution in [2.45, 2.75) is 39.7 Å². The number of nitrogens with two attached hydrogens (primary N) is 1. The van der Waals surface area contributed by atoms with E-state index in [0.29, 0.717) is 28.9 Å². The van der Waals surface area contributed by atoms with Gasteiger partial charge in [0.25, 0.3) is 0 Å². The second kappa shape index (κ2) is 7.42. The summed E-state index contributed by atoms with van der Waals surface area (Å²) < 4.78 is 6.18. The molecule has 144 valence electrons. The van der Waals surface area contributed by atoms with E-state index in [1.807, 2.05) is 24.8 Å². The molecule has 27 heavy (non-hydrogen) atoms. The Kier molecular flexibility index (Phi) is 5.21. The Morgan fingerprint density at radius 3 is 2.78 bits per heavy atom. The molecule has 1 aromatic carbocycles. The van der Waals surface area contributed by atoms with E-state index >= 15 is 0 Å². The molecule has 3 rings (SSSR count). The zero-order chi connectivity index (χ0) is 19.7. The molecule has 1 atom stereocenters. The number of aryl methyl sites for hydroxylation is 1. The van der Waals surface area contributed by atoms with Crippen LogP contribution >= 0.6 is 0 Å². The molecule has 3 N–H and O–H groups in total. The van der Waals surface area contributed by atoms with Gasteiger partial charge in [0, 0.05) is 12.5 Å². The number of carbonyl (C=O) groups is 2. The zero-order valence-corrected chi connectivity index (χ0v) is 15.9. The van der Waals surface area contributed by atoms with Gasteiger partial charge in [-0.3, -0.25) is 9.78 Å². The number of aromatic carboxylic acids is 1. The first kappa shape index (κ1) is 18.9. The van der Waals surface area contributed by atoms with Crippen LogP contribution in [-0.4, -0.2) is 46.1 Å². The highest BCUT2D eigenvalue weighted by molar-refractivity contribution is 6.06. The third-order valence-electron chi connectivity index (χ3n) is 4.88. The predicted molar refractivity (Wildman–Crippen MR) is 103 cm³/mol. The largest absolute Gasteiger partial charge is 0.488 e. The molecule has 0 aliphatic carbocycles. The molecule has 7 nitrogen and oxygen atoms in total. The van der Waals surface area contributed by atoms with Crippen LogP contribution in [0.1, 0.15) is 42.7 Å². The quantitative estimate of drug-likeness (QED) is 0.856. The van der Waals surface area contributed by atoms with Gasteiger partial charge >= 0.3 is 5.97 Å². The van der Waals surface area contributed by atoms with E-state index in [9.17, 15) is 14.7 Å². The Bertz CT molecular complexity index is 894. The first-order chi connectivity index (χ1) is 12.8. The van der Waals surface area contributed by atoms with Crippen molar-refractivity contribution in [1.82, 2.24) is 9.88 Å². The van der Waals surface area contributed by atoms with Crippen LogP contribution in [0.15, 0.2) is 18.2 Å². The van der Waals surface area contributed by atoms with Crippen LogP contribution < -0.4 is 10.5 Å². The number of nitrogens with zero attached hydrogens (tertiary/aromatic N) is 2. The maximum atomic E-state index is 12.3. The van der Waals surface area contributed by atoms with Crippen molar-refractivity contribution in [2.24, 2.45) is 5.92 Å². The summed E-state index contributed by atoms with van der Waals surface area (Å²) >= 11 is 0. The minimum atomic E-state index is -1.11. The number of aromatic nitrogens is 1. The lowest BCUT2D eigenvalue weighted by molar-refractivity contribution is -0.137. The van der Waals surface area contributed by atoms with E-state index in [2.05, 4.69) is 4.98 Å². The van der Waals surface area contributed by atoms with Crippen molar-refractivity contribution in [3.63, 3.8) is 0 Å². The van der Waals surface area contributed by atoms with Gasteiger partial charge < -0.3 is 20.5 Å². The summed E-state index contributed by atoms with van der Waals surface area (Å²) in [6.07, 6.45) is 1.52. The lowest BCUT2D eigenvalue weighted by Crippen LogP contribution is -2.45. The predicted octanol–water partition coefficient (Wildman–Crippen LogP) is 2.85. The molecule has 0 saturated carbocycles. The Labute approximate surface area is 158 Å². The molecule has 0 bridgehead atoms. The second-order valence-corrected chi connectivity index (χ2v) is 7.26. The summed E-state index contributed by atoms with van der Waals surface area (Å²) in [6, 6.07) is 5.36. The van der Waals surface area contributed by atoms with E-state index in [1.165, 1.54) is 0 Å². The number of amides is 1. The monoisotopic (exact) mass is 371 g/mol. The van der Waals surface area contributed by atoms with Gasteiger partial charge in [-0.2, -0.15) is 0 Å². The number of ether oxygens (including phenoxy) is 1. The lowest BCUT2D eigenvalue weighted by atomic mass is 10.0. The van der Waals surface area contributed by atoms with Gasteiger partial charge in [0.15, 0.2) is 0 Å². The summed E-state index contributed by atoms with van der Waals surface area (Å²) in [5.74, 6) is -0.544. The average Bonchev–Trinajstić information content (AvgIpc) is 2.60. The van der Waals surface area contributed by atoms with Crippen molar-refractivity contribution >= 4 is 28.5 Å².